The third-order valence-electron chi connectivity index (χ3n) is 4.23. The fourth-order valence-electron chi connectivity index (χ4n) is 2.97. The molecule has 6 nitrogen and oxygen atoms in total. The summed E-state index contributed by atoms with van der Waals surface area (Å²) >= 11 is 0. The number of rotatable bonds is 6. The highest BCUT2D eigenvalue weighted by Gasteiger charge is 2.20. The van der Waals surface area contributed by atoms with Gasteiger partial charge in [-0.2, -0.15) is 0 Å². The highest BCUT2D eigenvalue weighted by molar-refractivity contribution is 5.73. The van der Waals surface area contributed by atoms with Gasteiger partial charge in [0.25, 0.3) is 0 Å². The topological polar surface area (TPSA) is 84.9 Å². The van der Waals surface area contributed by atoms with E-state index in [0.717, 1.165) is 28.0 Å². The monoisotopic (exact) mass is 399 g/mol. The Morgan fingerprint density at radius 1 is 1.10 bits per heavy atom. The van der Waals surface area contributed by atoms with Gasteiger partial charge < -0.3 is 24.7 Å². The van der Waals surface area contributed by atoms with E-state index in [1.165, 1.54) is 0 Å². The Labute approximate surface area is 171 Å². The van der Waals surface area contributed by atoms with E-state index in [9.17, 15) is 14.7 Å². The van der Waals surface area contributed by atoms with Crippen LogP contribution < -0.4 is 10.1 Å². The molecule has 0 spiro atoms. The Hall–Kier alpha value is -3.02. The molecule has 29 heavy (non-hydrogen) atoms. The van der Waals surface area contributed by atoms with E-state index in [2.05, 4.69) is 5.32 Å². The molecule has 0 fully saturated rings. The molecule has 1 unspecified atom stereocenters. The molecule has 0 aliphatic carbocycles. The predicted octanol–water partition coefficient (Wildman–Crippen LogP) is 4.74. The molecule has 0 aliphatic rings. The number of aryl methyl sites for hydroxylation is 3. The molecule has 1 amide bonds. The summed E-state index contributed by atoms with van der Waals surface area (Å²) in [7, 11) is 0. The molecule has 0 saturated heterocycles. The molecule has 6 heteroatoms. The van der Waals surface area contributed by atoms with E-state index in [4.69, 9.17) is 9.47 Å². The van der Waals surface area contributed by atoms with Crippen LogP contribution in [0, 0.1) is 20.8 Å². The first-order valence-corrected chi connectivity index (χ1v) is 9.51. The fraction of sp³-hybridized carbons (Fsp3) is 0.391. The van der Waals surface area contributed by atoms with Crippen LogP contribution in [0.25, 0.3) is 0 Å². The van der Waals surface area contributed by atoms with Crippen LogP contribution >= 0.6 is 0 Å². The van der Waals surface area contributed by atoms with Gasteiger partial charge in [-0.05, 0) is 88.4 Å². The number of aldehydes is 1. The summed E-state index contributed by atoms with van der Waals surface area (Å²) in [6.07, 6.45) is 0.437. The Balaban J connectivity index is 2.13. The summed E-state index contributed by atoms with van der Waals surface area (Å²) in [5, 5.41) is 12.3. The van der Waals surface area contributed by atoms with Gasteiger partial charge in [-0.3, -0.25) is 0 Å². The minimum atomic E-state index is -0.685. The van der Waals surface area contributed by atoms with Crippen LogP contribution in [0.1, 0.15) is 43.0 Å². The van der Waals surface area contributed by atoms with Crippen molar-refractivity contribution in [3.05, 3.63) is 52.6 Å². The van der Waals surface area contributed by atoms with E-state index >= 15 is 0 Å². The average Bonchev–Trinajstić information content (AvgIpc) is 2.59. The minimum Gasteiger partial charge on any atom is -0.508 e. The van der Waals surface area contributed by atoms with Gasteiger partial charge in [0.05, 0.1) is 6.04 Å². The lowest BCUT2D eigenvalue weighted by Crippen LogP contribution is -2.41. The summed E-state index contributed by atoms with van der Waals surface area (Å²) in [6, 6.07) is 8.26. The smallest absolute Gasteiger partial charge is 0.408 e. The van der Waals surface area contributed by atoms with Gasteiger partial charge >= 0.3 is 6.09 Å². The van der Waals surface area contributed by atoms with E-state index in [0.29, 0.717) is 18.5 Å². The first kappa shape index (κ1) is 22.3. The Kier molecular flexibility index (Phi) is 6.90. The largest absolute Gasteiger partial charge is 0.508 e. The van der Waals surface area contributed by atoms with Crippen molar-refractivity contribution < 1.29 is 24.2 Å². The highest BCUT2D eigenvalue weighted by Crippen LogP contribution is 2.32. The summed E-state index contributed by atoms with van der Waals surface area (Å²) in [5.74, 6) is 1.58. The molecule has 0 heterocycles. The molecule has 0 aliphatic heterocycles. The molecule has 1 atom stereocenters. The summed E-state index contributed by atoms with van der Waals surface area (Å²) in [5.41, 5.74) is 2.83. The number of carbonyl (C=O) groups excluding carboxylic acids is 2. The maximum atomic E-state index is 11.9. The molecule has 0 radical (unpaired) electrons. The van der Waals surface area contributed by atoms with E-state index in [1.807, 2.05) is 32.9 Å². The number of carbonyl (C=O) groups is 2. The van der Waals surface area contributed by atoms with Crippen molar-refractivity contribution in [3.8, 4) is 17.2 Å². The van der Waals surface area contributed by atoms with Crippen molar-refractivity contribution in [1.29, 1.82) is 0 Å². The molecule has 2 aromatic carbocycles. The van der Waals surface area contributed by atoms with Crippen LogP contribution in [0.4, 0.5) is 4.79 Å². The second kappa shape index (κ2) is 8.99. The molecule has 2 N–H and O–H groups in total. The Morgan fingerprint density at radius 2 is 1.72 bits per heavy atom. The van der Waals surface area contributed by atoms with Crippen LogP contribution in [0.5, 0.6) is 17.2 Å². The van der Waals surface area contributed by atoms with Crippen LogP contribution in [0.15, 0.2) is 30.3 Å². The molecular weight excluding hydrogens is 370 g/mol. The van der Waals surface area contributed by atoms with Crippen molar-refractivity contribution >= 4 is 12.4 Å². The van der Waals surface area contributed by atoms with Gasteiger partial charge in [0.15, 0.2) is 0 Å². The number of aromatic hydroxyl groups is 1. The van der Waals surface area contributed by atoms with Crippen LogP contribution in [0.2, 0.25) is 0 Å². The molecule has 2 rings (SSSR count). The summed E-state index contributed by atoms with van der Waals surface area (Å²) in [4.78, 5) is 23.4. The normalized spacial score (nSPS) is 12.2. The number of ether oxygens (including phenoxy) is 2. The second-order valence-corrected chi connectivity index (χ2v) is 8.20. The lowest BCUT2D eigenvalue weighted by atomic mass is 10.0. The van der Waals surface area contributed by atoms with Gasteiger partial charge in [0, 0.05) is 0 Å². The lowest BCUT2D eigenvalue weighted by Gasteiger charge is -2.22. The third-order valence-corrected chi connectivity index (χ3v) is 4.23. The molecule has 0 aromatic heterocycles. The number of hydrogen-bond acceptors (Lipinski definition) is 5. The van der Waals surface area contributed by atoms with E-state index < -0.39 is 17.7 Å². The number of nitrogens with one attached hydrogen (secondary N) is 1. The lowest BCUT2D eigenvalue weighted by molar-refractivity contribution is -0.109. The molecular formula is C23H29NO5. The second-order valence-electron chi connectivity index (χ2n) is 8.20. The Bertz CT molecular complexity index is 876. The number of benzene rings is 2. The van der Waals surface area contributed by atoms with Crippen molar-refractivity contribution in [2.75, 3.05) is 0 Å². The number of phenolic OH excluding ortho intramolecular Hbond substituents is 1. The van der Waals surface area contributed by atoms with Gasteiger partial charge in [0.2, 0.25) is 0 Å². The first-order valence-electron chi connectivity index (χ1n) is 9.51. The van der Waals surface area contributed by atoms with E-state index in [1.54, 1.807) is 39.0 Å². The fourth-order valence-corrected chi connectivity index (χ4v) is 2.97. The maximum Gasteiger partial charge on any atom is 0.408 e. The number of alkyl carbamates (subject to hydrolysis) is 1. The Morgan fingerprint density at radius 3 is 2.24 bits per heavy atom. The predicted molar refractivity (Wildman–Crippen MR) is 112 cm³/mol. The van der Waals surface area contributed by atoms with E-state index in [-0.39, 0.29) is 5.75 Å². The summed E-state index contributed by atoms with van der Waals surface area (Å²) in [6.45, 7) is 11.0. The molecule has 156 valence electrons. The zero-order chi connectivity index (χ0) is 21.8. The van der Waals surface area contributed by atoms with Crippen molar-refractivity contribution in [3.63, 3.8) is 0 Å². The number of hydrogen-bond donors (Lipinski definition) is 2. The van der Waals surface area contributed by atoms with Crippen molar-refractivity contribution in [2.24, 2.45) is 0 Å². The van der Waals surface area contributed by atoms with Crippen LogP contribution in [-0.4, -0.2) is 29.1 Å². The first-order chi connectivity index (χ1) is 13.5. The third kappa shape index (κ3) is 6.52. The molecule has 2 aromatic rings. The number of phenols is 1. The highest BCUT2D eigenvalue weighted by atomic mass is 16.6. The zero-order valence-corrected chi connectivity index (χ0v) is 17.8. The summed E-state index contributed by atoms with van der Waals surface area (Å²) < 4.78 is 11.2. The van der Waals surface area contributed by atoms with Gasteiger partial charge in [-0.15, -0.1) is 0 Å². The van der Waals surface area contributed by atoms with Crippen molar-refractivity contribution in [1.82, 2.24) is 5.32 Å². The quantitative estimate of drug-likeness (QED) is 0.685. The van der Waals surface area contributed by atoms with Crippen molar-refractivity contribution in [2.45, 2.75) is 59.6 Å². The standard InChI is InChI=1S/C23H29NO5/c1-14-11-19(7-8-20(14)26)28-21-15(2)9-17(10-16(21)3)12-18(13-25)24-22(27)29-23(4,5)6/h7-11,13,18,26H,12H2,1-6H3,(H,24,27). The van der Waals surface area contributed by atoms with Crippen LogP contribution in [0.3, 0.4) is 0 Å². The maximum absolute atomic E-state index is 11.9. The number of amides is 1. The SMILES string of the molecule is Cc1cc(Oc2c(C)cc(CC(C=O)NC(=O)OC(C)(C)C)cc2C)ccc1O. The zero-order valence-electron chi connectivity index (χ0n) is 17.8. The van der Waals surface area contributed by atoms with Gasteiger partial charge in [-0.25, -0.2) is 4.79 Å². The molecule has 0 saturated carbocycles. The average molecular weight is 399 g/mol. The molecule has 0 bridgehead atoms. The van der Waals surface area contributed by atoms with Gasteiger partial charge in [-0.1, -0.05) is 12.1 Å². The van der Waals surface area contributed by atoms with Gasteiger partial charge in [0.1, 0.15) is 29.1 Å². The minimum absolute atomic E-state index is 0.221. The van der Waals surface area contributed by atoms with Crippen LogP contribution in [-0.2, 0) is 16.0 Å².